The number of rotatable bonds is 4. The Kier molecular flexibility index (Phi) is 4.78. The maximum absolute atomic E-state index is 12.2. The van der Waals surface area contributed by atoms with Gasteiger partial charge in [-0.15, -0.1) is 10.2 Å². The summed E-state index contributed by atoms with van der Waals surface area (Å²) in [7, 11) is 0. The van der Waals surface area contributed by atoms with E-state index in [0.717, 1.165) is 25.9 Å². The highest BCUT2D eigenvalue weighted by Crippen LogP contribution is 2.16. The third kappa shape index (κ3) is 3.69. The molecule has 0 spiro atoms. The molecule has 2 aromatic heterocycles. The topological polar surface area (TPSA) is 72.1 Å². The fraction of sp³-hybridized carbons (Fsp3) is 0.500. The van der Waals surface area contributed by atoms with Gasteiger partial charge in [0, 0.05) is 32.1 Å². The molecule has 1 amide bonds. The summed E-state index contributed by atoms with van der Waals surface area (Å²) in [5.41, 5.74) is 0.653. The van der Waals surface area contributed by atoms with Gasteiger partial charge < -0.3 is 9.32 Å². The Morgan fingerprint density at radius 2 is 1.95 bits per heavy atom. The quantitative estimate of drug-likeness (QED) is 0.867. The average molecular weight is 300 g/mol. The van der Waals surface area contributed by atoms with E-state index in [1.807, 2.05) is 23.1 Å². The number of hydrogen-bond donors (Lipinski definition) is 0. The lowest BCUT2D eigenvalue weighted by Gasteiger charge is -2.19. The Balaban J connectivity index is 1.55. The number of amides is 1. The first-order valence-corrected chi connectivity index (χ1v) is 7.84. The summed E-state index contributed by atoms with van der Waals surface area (Å²) in [6, 6.07) is 5.52. The van der Waals surface area contributed by atoms with E-state index >= 15 is 0 Å². The number of carbonyl (C=O) groups is 1. The van der Waals surface area contributed by atoms with Crippen LogP contribution in [0.15, 0.2) is 28.8 Å². The summed E-state index contributed by atoms with van der Waals surface area (Å²) in [4.78, 5) is 18.4. The second-order valence-electron chi connectivity index (χ2n) is 5.51. The van der Waals surface area contributed by atoms with E-state index in [2.05, 4.69) is 15.2 Å². The van der Waals surface area contributed by atoms with E-state index in [1.54, 1.807) is 6.20 Å². The molecular formula is C16H20N4O2. The molecule has 0 aliphatic carbocycles. The van der Waals surface area contributed by atoms with Gasteiger partial charge in [-0.3, -0.25) is 9.78 Å². The molecule has 3 rings (SSSR count). The number of hydrogen-bond acceptors (Lipinski definition) is 5. The summed E-state index contributed by atoms with van der Waals surface area (Å²) in [5.74, 6) is 1.07. The maximum atomic E-state index is 12.2. The van der Waals surface area contributed by atoms with Gasteiger partial charge in [0.25, 0.3) is 5.89 Å². The Hall–Kier alpha value is -2.24. The van der Waals surface area contributed by atoms with Gasteiger partial charge in [0.15, 0.2) is 0 Å². The van der Waals surface area contributed by atoms with Gasteiger partial charge >= 0.3 is 0 Å². The number of aryl methyl sites for hydroxylation is 1. The van der Waals surface area contributed by atoms with Crippen LogP contribution in [-0.2, 0) is 11.2 Å². The second-order valence-corrected chi connectivity index (χ2v) is 5.51. The smallest absolute Gasteiger partial charge is 0.266 e. The summed E-state index contributed by atoms with van der Waals surface area (Å²) in [6.07, 6.45) is 7.25. The molecular weight excluding hydrogens is 280 g/mol. The van der Waals surface area contributed by atoms with Crippen molar-refractivity contribution in [2.24, 2.45) is 0 Å². The molecule has 22 heavy (non-hydrogen) atoms. The maximum Gasteiger partial charge on any atom is 0.266 e. The van der Waals surface area contributed by atoms with Crippen molar-refractivity contribution in [1.29, 1.82) is 0 Å². The highest BCUT2D eigenvalue weighted by Gasteiger charge is 2.17. The summed E-state index contributed by atoms with van der Waals surface area (Å²) >= 11 is 0. The van der Waals surface area contributed by atoms with Crippen molar-refractivity contribution in [3.63, 3.8) is 0 Å². The van der Waals surface area contributed by atoms with Gasteiger partial charge in [0.2, 0.25) is 11.8 Å². The van der Waals surface area contributed by atoms with Crippen LogP contribution < -0.4 is 0 Å². The molecule has 0 unspecified atom stereocenters. The highest BCUT2D eigenvalue weighted by atomic mass is 16.4. The Morgan fingerprint density at radius 1 is 1.14 bits per heavy atom. The Bertz CT molecular complexity index is 604. The first-order chi connectivity index (χ1) is 10.8. The van der Waals surface area contributed by atoms with Crippen molar-refractivity contribution in [3.8, 4) is 11.6 Å². The van der Waals surface area contributed by atoms with Crippen LogP contribution in [0.4, 0.5) is 0 Å². The van der Waals surface area contributed by atoms with Crippen LogP contribution >= 0.6 is 0 Å². The Labute approximate surface area is 129 Å². The van der Waals surface area contributed by atoms with Gasteiger partial charge in [0.1, 0.15) is 5.69 Å². The zero-order valence-electron chi connectivity index (χ0n) is 12.6. The molecule has 6 heteroatoms. The number of likely N-dealkylation sites (tertiary alicyclic amines) is 1. The molecule has 6 nitrogen and oxygen atoms in total. The van der Waals surface area contributed by atoms with Crippen LogP contribution in [0.3, 0.4) is 0 Å². The van der Waals surface area contributed by atoms with Crippen molar-refractivity contribution in [2.75, 3.05) is 13.1 Å². The van der Waals surface area contributed by atoms with Crippen molar-refractivity contribution in [1.82, 2.24) is 20.1 Å². The molecule has 1 aliphatic rings. The van der Waals surface area contributed by atoms with E-state index in [4.69, 9.17) is 4.42 Å². The van der Waals surface area contributed by atoms with Crippen molar-refractivity contribution in [3.05, 3.63) is 30.3 Å². The van der Waals surface area contributed by atoms with E-state index in [-0.39, 0.29) is 5.91 Å². The predicted octanol–water partition coefficient (Wildman–Crippen LogP) is 2.47. The van der Waals surface area contributed by atoms with Gasteiger partial charge in [-0.05, 0) is 25.0 Å². The molecule has 0 saturated carbocycles. The lowest BCUT2D eigenvalue weighted by atomic mass is 10.2. The van der Waals surface area contributed by atoms with E-state index in [9.17, 15) is 4.79 Å². The third-order valence-electron chi connectivity index (χ3n) is 3.86. The number of pyridine rings is 1. The molecule has 116 valence electrons. The normalized spacial score (nSPS) is 15.5. The first kappa shape index (κ1) is 14.7. The van der Waals surface area contributed by atoms with Crippen molar-refractivity contribution in [2.45, 2.75) is 38.5 Å². The SMILES string of the molecule is O=C(CCc1nnc(-c2ccccn2)o1)N1CCCCCC1. The van der Waals surface area contributed by atoms with Gasteiger partial charge in [-0.1, -0.05) is 18.9 Å². The molecule has 0 N–H and O–H groups in total. The summed E-state index contributed by atoms with van der Waals surface area (Å²) in [5, 5.41) is 7.99. The molecule has 3 heterocycles. The van der Waals surface area contributed by atoms with Gasteiger partial charge in [-0.2, -0.15) is 0 Å². The number of aromatic nitrogens is 3. The van der Waals surface area contributed by atoms with Crippen LogP contribution in [0, 0.1) is 0 Å². The minimum absolute atomic E-state index is 0.180. The zero-order valence-corrected chi connectivity index (χ0v) is 12.6. The van der Waals surface area contributed by atoms with E-state index in [1.165, 1.54) is 12.8 Å². The van der Waals surface area contributed by atoms with Crippen LogP contribution in [0.25, 0.3) is 11.6 Å². The molecule has 2 aromatic rings. The fourth-order valence-electron chi connectivity index (χ4n) is 2.64. The van der Waals surface area contributed by atoms with Crippen molar-refractivity contribution >= 4 is 5.91 Å². The van der Waals surface area contributed by atoms with Gasteiger partial charge in [-0.25, -0.2) is 0 Å². The molecule has 0 bridgehead atoms. The molecule has 1 saturated heterocycles. The second kappa shape index (κ2) is 7.15. The third-order valence-corrected chi connectivity index (χ3v) is 3.86. The van der Waals surface area contributed by atoms with Crippen molar-refractivity contribution < 1.29 is 9.21 Å². The first-order valence-electron chi connectivity index (χ1n) is 7.84. The Morgan fingerprint density at radius 3 is 2.68 bits per heavy atom. The van der Waals surface area contributed by atoms with E-state index in [0.29, 0.717) is 30.3 Å². The van der Waals surface area contributed by atoms with Crippen LogP contribution in [-0.4, -0.2) is 39.1 Å². The molecule has 0 radical (unpaired) electrons. The number of carbonyl (C=O) groups excluding carboxylic acids is 1. The molecule has 1 fully saturated rings. The lowest BCUT2D eigenvalue weighted by Crippen LogP contribution is -2.31. The monoisotopic (exact) mass is 300 g/mol. The zero-order chi connectivity index (χ0) is 15.2. The average Bonchev–Trinajstić information content (AvgIpc) is 2.87. The molecule has 0 atom stereocenters. The standard InChI is InChI=1S/C16H20N4O2/c21-15(20-11-5-1-2-6-12-20)9-8-14-18-19-16(22-14)13-7-3-4-10-17-13/h3-4,7,10H,1-2,5-6,8-9,11-12H2. The summed E-state index contributed by atoms with van der Waals surface area (Å²) in [6.45, 7) is 1.75. The summed E-state index contributed by atoms with van der Waals surface area (Å²) < 4.78 is 5.58. The minimum Gasteiger partial charge on any atom is -0.419 e. The molecule has 0 aromatic carbocycles. The fourth-order valence-corrected chi connectivity index (χ4v) is 2.64. The highest BCUT2D eigenvalue weighted by molar-refractivity contribution is 5.76. The van der Waals surface area contributed by atoms with E-state index < -0.39 is 0 Å². The lowest BCUT2D eigenvalue weighted by molar-refractivity contribution is -0.131. The van der Waals surface area contributed by atoms with Crippen LogP contribution in [0.5, 0.6) is 0 Å². The van der Waals surface area contributed by atoms with Crippen LogP contribution in [0.1, 0.15) is 38.0 Å². The number of nitrogens with zero attached hydrogens (tertiary/aromatic N) is 4. The molecule has 1 aliphatic heterocycles. The minimum atomic E-state index is 0.180. The largest absolute Gasteiger partial charge is 0.419 e. The predicted molar refractivity (Wildman–Crippen MR) is 80.9 cm³/mol. The van der Waals surface area contributed by atoms with Gasteiger partial charge in [0.05, 0.1) is 0 Å². The van der Waals surface area contributed by atoms with Crippen LogP contribution in [0.2, 0.25) is 0 Å².